The molecule has 1 aromatic heterocycles. The number of amides is 1. The van der Waals surface area contributed by atoms with Crippen molar-refractivity contribution in [2.75, 3.05) is 13.7 Å². The van der Waals surface area contributed by atoms with Crippen LogP contribution in [0.2, 0.25) is 0 Å². The predicted molar refractivity (Wildman–Crippen MR) is 74.7 cm³/mol. The first-order valence-corrected chi connectivity index (χ1v) is 6.65. The van der Waals surface area contributed by atoms with Crippen LogP contribution in [0.25, 0.3) is 0 Å². The highest BCUT2D eigenvalue weighted by molar-refractivity contribution is 9.10. The van der Waals surface area contributed by atoms with E-state index in [0.29, 0.717) is 22.6 Å². The molecule has 0 saturated heterocycles. The van der Waals surface area contributed by atoms with Crippen LogP contribution in [0.4, 0.5) is 4.39 Å². The van der Waals surface area contributed by atoms with Crippen molar-refractivity contribution < 1.29 is 13.9 Å². The van der Waals surface area contributed by atoms with Crippen molar-refractivity contribution in [1.29, 1.82) is 0 Å². The quantitative estimate of drug-likeness (QED) is 0.908. The van der Waals surface area contributed by atoms with Gasteiger partial charge in [0.15, 0.2) is 6.61 Å². The minimum atomic E-state index is -0.370. The number of likely N-dealkylation sites (N-methyl/N-ethyl adjacent to an activating group) is 1. The molecule has 1 amide bonds. The van der Waals surface area contributed by atoms with Gasteiger partial charge in [-0.05, 0) is 34.1 Å². The van der Waals surface area contributed by atoms with Gasteiger partial charge in [0.25, 0.3) is 5.91 Å². The van der Waals surface area contributed by atoms with E-state index in [4.69, 9.17) is 4.74 Å². The summed E-state index contributed by atoms with van der Waals surface area (Å²) in [7, 11) is 1.66. The van der Waals surface area contributed by atoms with Gasteiger partial charge in [-0.1, -0.05) is 0 Å². The van der Waals surface area contributed by atoms with E-state index >= 15 is 0 Å². The lowest BCUT2D eigenvalue weighted by Gasteiger charge is -2.16. The second kappa shape index (κ2) is 6.51. The Kier molecular flexibility index (Phi) is 4.73. The third-order valence-electron chi connectivity index (χ3n) is 2.61. The first kappa shape index (κ1) is 14.5. The van der Waals surface area contributed by atoms with Gasteiger partial charge < -0.3 is 14.6 Å². The fourth-order valence-electron chi connectivity index (χ4n) is 1.54. The summed E-state index contributed by atoms with van der Waals surface area (Å²) in [6, 6.07) is 4.03. The molecule has 0 spiro atoms. The van der Waals surface area contributed by atoms with Crippen LogP contribution in [0, 0.1) is 5.82 Å². The average molecular weight is 342 g/mol. The van der Waals surface area contributed by atoms with Crippen molar-refractivity contribution >= 4 is 21.8 Å². The summed E-state index contributed by atoms with van der Waals surface area (Å²) in [5.74, 6) is 0.554. The molecule has 20 heavy (non-hydrogen) atoms. The van der Waals surface area contributed by atoms with E-state index in [1.807, 2.05) is 0 Å². The summed E-state index contributed by atoms with van der Waals surface area (Å²) >= 11 is 3.18. The lowest BCUT2D eigenvalue weighted by molar-refractivity contribution is -0.132. The molecule has 2 rings (SSSR count). The number of carbonyl (C=O) groups is 1. The van der Waals surface area contributed by atoms with Gasteiger partial charge in [0.1, 0.15) is 17.4 Å². The van der Waals surface area contributed by atoms with Crippen molar-refractivity contribution in [3.05, 3.63) is 46.7 Å². The third-order valence-corrected chi connectivity index (χ3v) is 3.23. The molecule has 1 N–H and O–H groups in total. The molecule has 1 heterocycles. The second-order valence-corrected chi connectivity index (χ2v) is 5.00. The lowest BCUT2D eigenvalue weighted by Crippen LogP contribution is -2.31. The smallest absolute Gasteiger partial charge is 0.260 e. The second-order valence-electron chi connectivity index (χ2n) is 4.15. The molecule has 7 heteroatoms. The van der Waals surface area contributed by atoms with E-state index in [-0.39, 0.29) is 18.3 Å². The molecule has 0 fully saturated rings. The Balaban J connectivity index is 1.88. The van der Waals surface area contributed by atoms with Crippen molar-refractivity contribution in [3.8, 4) is 5.75 Å². The van der Waals surface area contributed by atoms with E-state index < -0.39 is 0 Å². The SMILES string of the molecule is CN(Cc1ncc[nH]1)C(=O)COc1ccc(F)cc1Br. The molecular formula is C13H13BrFN3O2. The maximum Gasteiger partial charge on any atom is 0.260 e. The Hall–Kier alpha value is -1.89. The average Bonchev–Trinajstić information content (AvgIpc) is 2.90. The monoisotopic (exact) mass is 341 g/mol. The molecule has 0 atom stereocenters. The van der Waals surface area contributed by atoms with E-state index in [1.54, 1.807) is 19.4 Å². The van der Waals surface area contributed by atoms with Crippen LogP contribution in [-0.4, -0.2) is 34.4 Å². The molecule has 0 aliphatic carbocycles. The van der Waals surface area contributed by atoms with Crippen LogP contribution < -0.4 is 4.74 Å². The minimum absolute atomic E-state index is 0.124. The number of ether oxygens (including phenoxy) is 1. The van der Waals surface area contributed by atoms with Gasteiger partial charge >= 0.3 is 0 Å². The summed E-state index contributed by atoms with van der Waals surface area (Å²) in [6.07, 6.45) is 3.32. The Labute approximate surface area is 123 Å². The summed E-state index contributed by atoms with van der Waals surface area (Å²) in [6.45, 7) is 0.251. The lowest BCUT2D eigenvalue weighted by atomic mass is 10.3. The normalized spacial score (nSPS) is 10.3. The van der Waals surface area contributed by atoms with Crippen LogP contribution >= 0.6 is 15.9 Å². The van der Waals surface area contributed by atoms with Gasteiger partial charge in [-0.3, -0.25) is 4.79 Å². The molecule has 106 valence electrons. The van der Waals surface area contributed by atoms with E-state index in [9.17, 15) is 9.18 Å². The van der Waals surface area contributed by atoms with Crippen LogP contribution in [0.1, 0.15) is 5.82 Å². The Morgan fingerprint density at radius 3 is 3.00 bits per heavy atom. The number of nitrogens with one attached hydrogen (secondary N) is 1. The number of halogens is 2. The highest BCUT2D eigenvalue weighted by Gasteiger charge is 2.12. The summed E-state index contributed by atoms with van der Waals surface area (Å²) < 4.78 is 18.7. The van der Waals surface area contributed by atoms with Crippen LogP contribution in [-0.2, 0) is 11.3 Å². The molecule has 1 aromatic carbocycles. The summed E-state index contributed by atoms with van der Waals surface area (Å²) in [4.78, 5) is 20.3. The number of imidazole rings is 1. The van der Waals surface area contributed by atoms with Crippen molar-refractivity contribution in [2.24, 2.45) is 0 Å². The van der Waals surface area contributed by atoms with Gasteiger partial charge in [0, 0.05) is 19.4 Å². The first-order chi connectivity index (χ1) is 9.56. The zero-order chi connectivity index (χ0) is 14.5. The fraction of sp³-hybridized carbons (Fsp3) is 0.231. The minimum Gasteiger partial charge on any atom is -0.483 e. The number of hydrogen-bond acceptors (Lipinski definition) is 3. The summed E-state index contributed by atoms with van der Waals surface area (Å²) in [5.41, 5.74) is 0. The Morgan fingerprint density at radius 1 is 1.55 bits per heavy atom. The van der Waals surface area contributed by atoms with Crippen LogP contribution in [0.15, 0.2) is 35.1 Å². The zero-order valence-electron chi connectivity index (χ0n) is 10.8. The molecular weight excluding hydrogens is 329 g/mol. The Bertz CT molecular complexity index is 589. The van der Waals surface area contributed by atoms with Gasteiger partial charge in [-0.15, -0.1) is 0 Å². The van der Waals surface area contributed by atoms with Gasteiger partial charge in [-0.25, -0.2) is 9.37 Å². The molecule has 0 unspecified atom stereocenters. The molecule has 0 aliphatic rings. The standard InChI is InChI=1S/C13H13BrFN3O2/c1-18(7-12-16-4-5-17-12)13(19)8-20-11-3-2-9(15)6-10(11)14/h2-6H,7-8H2,1H3,(H,16,17). The number of aromatic amines is 1. The zero-order valence-corrected chi connectivity index (χ0v) is 12.4. The van der Waals surface area contributed by atoms with Gasteiger partial charge in [-0.2, -0.15) is 0 Å². The van der Waals surface area contributed by atoms with E-state index in [2.05, 4.69) is 25.9 Å². The van der Waals surface area contributed by atoms with Gasteiger partial charge in [0.05, 0.1) is 11.0 Å². The van der Waals surface area contributed by atoms with Crippen molar-refractivity contribution in [2.45, 2.75) is 6.54 Å². The van der Waals surface area contributed by atoms with Gasteiger partial charge in [0.2, 0.25) is 0 Å². The highest BCUT2D eigenvalue weighted by Crippen LogP contribution is 2.25. The highest BCUT2D eigenvalue weighted by atomic mass is 79.9. The topological polar surface area (TPSA) is 58.2 Å². The molecule has 2 aromatic rings. The number of carbonyl (C=O) groups excluding carboxylic acids is 1. The molecule has 0 radical (unpaired) electrons. The number of nitrogens with zero attached hydrogens (tertiary/aromatic N) is 2. The van der Waals surface area contributed by atoms with Crippen molar-refractivity contribution in [1.82, 2.24) is 14.9 Å². The molecule has 0 saturated carbocycles. The maximum absolute atomic E-state index is 12.9. The van der Waals surface area contributed by atoms with Crippen LogP contribution in [0.5, 0.6) is 5.75 Å². The number of rotatable bonds is 5. The number of H-pyrrole nitrogens is 1. The third kappa shape index (κ3) is 3.80. The number of aromatic nitrogens is 2. The van der Waals surface area contributed by atoms with Crippen molar-refractivity contribution in [3.63, 3.8) is 0 Å². The predicted octanol–water partition coefficient (Wildman–Crippen LogP) is 2.35. The maximum atomic E-state index is 12.9. The summed E-state index contributed by atoms with van der Waals surface area (Å²) in [5, 5.41) is 0. The van der Waals surface area contributed by atoms with Crippen LogP contribution in [0.3, 0.4) is 0 Å². The molecule has 5 nitrogen and oxygen atoms in total. The first-order valence-electron chi connectivity index (χ1n) is 5.86. The fourth-order valence-corrected chi connectivity index (χ4v) is 2.00. The number of benzene rings is 1. The van der Waals surface area contributed by atoms with E-state index in [0.717, 1.165) is 0 Å². The largest absolute Gasteiger partial charge is 0.483 e. The number of hydrogen-bond donors (Lipinski definition) is 1. The molecule has 0 bridgehead atoms. The van der Waals surface area contributed by atoms with E-state index in [1.165, 1.54) is 23.1 Å². The molecule has 0 aliphatic heterocycles. The Morgan fingerprint density at radius 2 is 2.35 bits per heavy atom.